The lowest BCUT2D eigenvalue weighted by Crippen LogP contribution is -1.88. The van der Waals surface area contributed by atoms with E-state index in [-0.39, 0.29) is 17.0 Å². The fourth-order valence-electron chi connectivity index (χ4n) is 1.26. The highest BCUT2D eigenvalue weighted by Gasteiger charge is 1.95. The summed E-state index contributed by atoms with van der Waals surface area (Å²) in [7, 11) is 0. The Kier molecular flexibility index (Phi) is 3.65. The largest absolute Gasteiger partial charge is 0.384 e. The molecule has 1 heterocycles. The number of nitrogen functional groups attached to an aromatic ring is 1. The summed E-state index contributed by atoms with van der Waals surface area (Å²) in [6, 6.07) is 13.9. The molecule has 72 valence electrons. The van der Waals surface area contributed by atoms with Gasteiger partial charge in [-0.05, 0) is 23.3 Å². The molecule has 1 aromatic carbocycles. The Bertz CT molecular complexity index is 401. The SMILES string of the molecule is Br.Nc1cc(-c2ccccc2)ccn1. The van der Waals surface area contributed by atoms with Crippen molar-refractivity contribution in [3.8, 4) is 11.1 Å². The van der Waals surface area contributed by atoms with Gasteiger partial charge < -0.3 is 5.73 Å². The zero-order valence-electron chi connectivity index (χ0n) is 7.55. The summed E-state index contributed by atoms with van der Waals surface area (Å²) in [5.41, 5.74) is 7.85. The summed E-state index contributed by atoms with van der Waals surface area (Å²) < 4.78 is 0. The first-order chi connectivity index (χ1) is 6.36. The fraction of sp³-hybridized carbons (Fsp3) is 0. The van der Waals surface area contributed by atoms with Crippen molar-refractivity contribution in [2.45, 2.75) is 0 Å². The summed E-state index contributed by atoms with van der Waals surface area (Å²) >= 11 is 0. The lowest BCUT2D eigenvalue weighted by molar-refractivity contribution is 1.34. The molecular formula is C11H11BrN2. The van der Waals surface area contributed by atoms with Crippen LogP contribution in [0.2, 0.25) is 0 Å². The number of halogens is 1. The molecule has 0 aliphatic carbocycles. The van der Waals surface area contributed by atoms with Crippen LogP contribution in [0.25, 0.3) is 11.1 Å². The van der Waals surface area contributed by atoms with Crippen molar-refractivity contribution in [1.29, 1.82) is 0 Å². The predicted molar refractivity (Wildman–Crippen MR) is 64.4 cm³/mol. The normalized spacial score (nSPS) is 9.14. The van der Waals surface area contributed by atoms with E-state index < -0.39 is 0 Å². The number of pyridine rings is 1. The second kappa shape index (κ2) is 4.77. The van der Waals surface area contributed by atoms with Crippen molar-refractivity contribution in [2.75, 3.05) is 5.73 Å². The lowest BCUT2D eigenvalue weighted by atomic mass is 10.1. The standard InChI is InChI=1S/C11H10N2.BrH/c12-11-8-10(6-7-13-11)9-4-2-1-3-5-9;/h1-8H,(H2,12,13);1H. The van der Waals surface area contributed by atoms with E-state index in [1.807, 2.05) is 30.3 Å². The van der Waals surface area contributed by atoms with Crippen LogP contribution in [0, 0.1) is 0 Å². The Morgan fingerprint density at radius 3 is 2.29 bits per heavy atom. The molecule has 0 saturated heterocycles. The maximum Gasteiger partial charge on any atom is 0.123 e. The Morgan fingerprint density at radius 2 is 1.64 bits per heavy atom. The van der Waals surface area contributed by atoms with E-state index in [1.54, 1.807) is 6.20 Å². The van der Waals surface area contributed by atoms with Crippen LogP contribution in [0.4, 0.5) is 5.82 Å². The summed E-state index contributed by atoms with van der Waals surface area (Å²) in [6.45, 7) is 0. The maximum absolute atomic E-state index is 5.58. The Morgan fingerprint density at radius 1 is 0.929 bits per heavy atom. The van der Waals surface area contributed by atoms with Crippen LogP contribution in [0.5, 0.6) is 0 Å². The average Bonchev–Trinajstić information content (AvgIpc) is 2.19. The molecule has 0 unspecified atom stereocenters. The van der Waals surface area contributed by atoms with Crippen LogP contribution >= 0.6 is 17.0 Å². The van der Waals surface area contributed by atoms with Gasteiger partial charge in [-0.2, -0.15) is 0 Å². The van der Waals surface area contributed by atoms with Crippen LogP contribution in [0.15, 0.2) is 48.7 Å². The van der Waals surface area contributed by atoms with Crippen LogP contribution in [-0.4, -0.2) is 4.98 Å². The molecule has 0 amide bonds. The number of nitrogens with zero attached hydrogens (tertiary/aromatic N) is 1. The number of benzene rings is 1. The number of hydrogen-bond donors (Lipinski definition) is 1. The zero-order valence-corrected chi connectivity index (χ0v) is 9.26. The maximum atomic E-state index is 5.58. The van der Waals surface area contributed by atoms with Gasteiger partial charge in [0.25, 0.3) is 0 Å². The van der Waals surface area contributed by atoms with Crippen LogP contribution in [-0.2, 0) is 0 Å². The Hall–Kier alpha value is -1.35. The molecule has 0 atom stereocenters. The number of aromatic nitrogens is 1. The highest BCUT2D eigenvalue weighted by molar-refractivity contribution is 8.93. The van der Waals surface area contributed by atoms with Gasteiger partial charge in [-0.25, -0.2) is 4.98 Å². The molecule has 1 aromatic heterocycles. The van der Waals surface area contributed by atoms with Crippen LogP contribution in [0.1, 0.15) is 0 Å². The number of anilines is 1. The van der Waals surface area contributed by atoms with Gasteiger partial charge in [0.2, 0.25) is 0 Å². The van der Waals surface area contributed by atoms with Crippen molar-refractivity contribution < 1.29 is 0 Å². The van der Waals surface area contributed by atoms with Crippen LogP contribution < -0.4 is 5.73 Å². The quantitative estimate of drug-likeness (QED) is 0.846. The van der Waals surface area contributed by atoms with Gasteiger partial charge in [-0.15, -0.1) is 17.0 Å². The predicted octanol–water partition coefficient (Wildman–Crippen LogP) is 2.91. The molecular weight excluding hydrogens is 240 g/mol. The summed E-state index contributed by atoms with van der Waals surface area (Å²) in [5.74, 6) is 0.557. The Labute approximate surface area is 93.6 Å². The van der Waals surface area contributed by atoms with Gasteiger partial charge in [0.1, 0.15) is 5.82 Å². The number of rotatable bonds is 1. The van der Waals surface area contributed by atoms with E-state index in [4.69, 9.17) is 5.73 Å². The van der Waals surface area contributed by atoms with Crippen LogP contribution in [0.3, 0.4) is 0 Å². The molecule has 2 aromatic rings. The molecule has 14 heavy (non-hydrogen) atoms. The molecule has 3 heteroatoms. The molecule has 0 fully saturated rings. The van der Waals surface area contributed by atoms with Gasteiger partial charge in [0, 0.05) is 6.20 Å². The Balaban J connectivity index is 0.000000980. The van der Waals surface area contributed by atoms with E-state index in [0.717, 1.165) is 11.1 Å². The first kappa shape index (κ1) is 10.7. The minimum absolute atomic E-state index is 0. The molecule has 2 rings (SSSR count). The number of nitrogens with two attached hydrogens (primary N) is 1. The second-order valence-corrected chi connectivity index (χ2v) is 2.84. The molecule has 2 N–H and O–H groups in total. The first-order valence-corrected chi connectivity index (χ1v) is 4.13. The van der Waals surface area contributed by atoms with Gasteiger partial charge in [0.05, 0.1) is 0 Å². The van der Waals surface area contributed by atoms with Crippen molar-refractivity contribution >= 4 is 22.8 Å². The van der Waals surface area contributed by atoms with E-state index >= 15 is 0 Å². The van der Waals surface area contributed by atoms with Crippen molar-refractivity contribution in [2.24, 2.45) is 0 Å². The van der Waals surface area contributed by atoms with Crippen molar-refractivity contribution in [1.82, 2.24) is 4.98 Å². The van der Waals surface area contributed by atoms with Gasteiger partial charge in [-0.1, -0.05) is 30.3 Å². The summed E-state index contributed by atoms with van der Waals surface area (Å²) in [5, 5.41) is 0. The van der Waals surface area contributed by atoms with Crippen molar-refractivity contribution in [3.63, 3.8) is 0 Å². The minimum atomic E-state index is 0. The fourth-order valence-corrected chi connectivity index (χ4v) is 1.26. The topological polar surface area (TPSA) is 38.9 Å². The second-order valence-electron chi connectivity index (χ2n) is 2.84. The van der Waals surface area contributed by atoms with E-state index in [1.165, 1.54) is 0 Å². The molecule has 0 aliphatic heterocycles. The highest BCUT2D eigenvalue weighted by atomic mass is 79.9. The zero-order chi connectivity index (χ0) is 9.10. The monoisotopic (exact) mass is 250 g/mol. The third-order valence-electron chi connectivity index (χ3n) is 1.89. The molecule has 0 spiro atoms. The molecule has 2 nitrogen and oxygen atoms in total. The minimum Gasteiger partial charge on any atom is -0.384 e. The molecule has 0 radical (unpaired) electrons. The van der Waals surface area contributed by atoms with Gasteiger partial charge in [0.15, 0.2) is 0 Å². The third kappa shape index (κ3) is 2.33. The van der Waals surface area contributed by atoms with E-state index in [0.29, 0.717) is 5.82 Å². The first-order valence-electron chi connectivity index (χ1n) is 4.13. The smallest absolute Gasteiger partial charge is 0.123 e. The molecule has 0 bridgehead atoms. The van der Waals surface area contributed by atoms with Crippen molar-refractivity contribution in [3.05, 3.63) is 48.7 Å². The summed E-state index contributed by atoms with van der Waals surface area (Å²) in [4.78, 5) is 3.94. The average molecular weight is 251 g/mol. The van der Waals surface area contributed by atoms with Gasteiger partial charge in [-0.3, -0.25) is 0 Å². The van der Waals surface area contributed by atoms with Gasteiger partial charge >= 0.3 is 0 Å². The number of hydrogen-bond acceptors (Lipinski definition) is 2. The highest BCUT2D eigenvalue weighted by Crippen LogP contribution is 2.18. The van der Waals surface area contributed by atoms with E-state index in [9.17, 15) is 0 Å². The summed E-state index contributed by atoms with van der Waals surface area (Å²) in [6.07, 6.45) is 1.72. The third-order valence-corrected chi connectivity index (χ3v) is 1.89. The molecule has 0 aliphatic rings. The lowest BCUT2D eigenvalue weighted by Gasteiger charge is -2.00. The van der Waals surface area contributed by atoms with E-state index in [2.05, 4.69) is 17.1 Å². The molecule has 0 saturated carbocycles.